The Hall–Kier alpha value is -0.610. The van der Waals surface area contributed by atoms with E-state index in [9.17, 15) is 4.79 Å². The molecule has 0 aliphatic heterocycles. The van der Waals surface area contributed by atoms with Gasteiger partial charge >= 0.3 is 0 Å². The Morgan fingerprint density at radius 1 is 1.24 bits per heavy atom. The summed E-state index contributed by atoms with van der Waals surface area (Å²) in [5.74, 6) is 0.700. The molecule has 0 saturated heterocycles. The second kappa shape index (κ2) is 10.5. The van der Waals surface area contributed by atoms with Crippen LogP contribution in [-0.2, 0) is 9.53 Å². The molecule has 17 heavy (non-hydrogen) atoms. The van der Waals surface area contributed by atoms with E-state index in [4.69, 9.17) is 4.74 Å². The predicted octanol–water partition coefficient (Wildman–Crippen LogP) is 1.55. The summed E-state index contributed by atoms with van der Waals surface area (Å²) in [6.07, 6.45) is 1.51. The summed E-state index contributed by atoms with van der Waals surface area (Å²) in [5, 5.41) is 6.13. The van der Waals surface area contributed by atoms with Gasteiger partial charge in [-0.2, -0.15) is 0 Å². The Morgan fingerprint density at radius 2 is 1.94 bits per heavy atom. The standard InChI is InChI=1S/C13H28N2O2/c1-5-12(4)15-13(16)6-7-14-8-9-17-10-11(2)3/h11-12,14H,5-10H2,1-4H3,(H,15,16). The lowest BCUT2D eigenvalue weighted by Gasteiger charge is -2.11. The van der Waals surface area contributed by atoms with Gasteiger partial charge in [0.1, 0.15) is 0 Å². The van der Waals surface area contributed by atoms with Gasteiger partial charge in [-0.05, 0) is 19.3 Å². The van der Waals surface area contributed by atoms with Crippen LogP contribution in [0.15, 0.2) is 0 Å². The first-order valence-corrected chi connectivity index (χ1v) is 6.64. The second-order valence-corrected chi connectivity index (χ2v) is 4.85. The molecule has 4 nitrogen and oxygen atoms in total. The third kappa shape index (κ3) is 11.6. The van der Waals surface area contributed by atoms with Crippen molar-refractivity contribution in [2.45, 2.75) is 46.6 Å². The van der Waals surface area contributed by atoms with Gasteiger partial charge in [0.25, 0.3) is 0 Å². The number of carbonyl (C=O) groups excluding carboxylic acids is 1. The Balaban J connectivity index is 3.25. The minimum Gasteiger partial charge on any atom is -0.380 e. The van der Waals surface area contributed by atoms with E-state index in [1.807, 2.05) is 6.92 Å². The Morgan fingerprint density at radius 3 is 2.53 bits per heavy atom. The molecule has 0 spiro atoms. The molecule has 102 valence electrons. The van der Waals surface area contributed by atoms with Gasteiger partial charge in [0, 0.05) is 32.2 Å². The zero-order valence-corrected chi connectivity index (χ0v) is 11.7. The van der Waals surface area contributed by atoms with Crippen molar-refractivity contribution in [1.29, 1.82) is 0 Å². The van der Waals surface area contributed by atoms with Crippen LogP contribution in [0.5, 0.6) is 0 Å². The molecule has 0 rings (SSSR count). The van der Waals surface area contributed by atoms with Crippen LogP contribution in [0.3, 0.4) is 0 Å². The number of carbonyl (C=O) groups is 1. The van der Waals surface area contributed by atoms with Crippen molar-refractivity contribution in [3.05, 3.63) is 0 Å². The highest BCUT2D eigenvalue weighted by Crippen LogP contribution is 1.91. The van der Waals surface area contributed by atoms with Crippen LogP contribution < -0.4 is 10.6 Å². The lowest BCUT2D eigenvalue weighted by atomic mass is 10.2. The molecule has 0 aromatic carbocycles. The average Bonchev–Trinajstić information content (AvgIpc) is 2.27. The third-order valence-electron chi connectivity index (χ3n) is 2.42. The van der Waals surface area contributed by atoms with Gasteiger partial charge in [-0.15, -0.1) is 0 Å². The molecule has 4 heteroatoms. The van der Waals surface area contributed by atoms with Crippen molar-refractivity contribution in [2.75, 3.05) is 26.3 Å². The molecule has 0 radical (unpaired) electrons. The molecular formula is C13H28N2O2. The summed E-state index contributed by atoms with van der Waals surface area (Å²) in [6.45, 7) is 11.4. The SMILES string of the molecule is CCC(C)NC(=O)CCNCCOCC(C)C. The Kier molecular flexibility index (Phi) is 10.2. The van der Waals surface area contributed by atoms with Crippen LogP contribution in [0.25, 0.3) is 0 Å². The normalized spacial score (nSPS) is 12.8. The first-order chi connectivity index (χ1) is 8.06. The number of rotatable bonds is 10. The van der Waals surface area contributed by atoms with E-state index in [0.29, 0.717) is 25.5 Å². The van der Waals surface area contributed by atoms with E-state index in [1.54, 1.807) is 0 Å². The highest BCUT2D eigenvalue weighted by molar-refractivity contribution is 5.76. The quantitative estimate of drug-likeness (QED) is 0.573. The largest absolute Gasteiger partial charge is 0.380 e. The molecule has 1 unspecified atom stereocenters. The van der Waals surface area contributed by atoms with Crippen LogP contribution in [-0.4, -0.2) is 38.3 Å². The number of nitrogens with one attached hydrogen (secondary N) is 2. The molecule has 1 atom stereocenters. The van der Waals surface area contributed by atoms with Crippen LogP contribution >= 0.6 is 0 Å². The van der Waals surface area contributed by atoms with Gasteiger partial charge < -0.3 is 15.4 Å². The van der Waals surface area contributed by atoms with Crippen LogP contribution in [0.4, 0.5) is 0 Å². The minimum atomic E-state index is 0.120. The summed E-state index contributed by atoms with van der Waals surface area (Å²) in [5.41, 5.74) is 0. The number of hydrogen-bond donors (Lipinski definition) is 2. The third-order valence-corrected chi connectivity index (χ3v) is 2.42. The van der Waals surface area contributed by atoms with Crippen molar-refractivity contribution < 1.29 is 9.53 Å². The summed E-state index contributed by atoms with van der Waals surface area (Å²) in [7, 11) is 0. The molecular weight excluding hydrogens is 216 g/mol. The molecule has 0 aromatic heterocycles. The fourth-order valence-corrected chi connectivity index (χ4v) is 1.24. The van der Waals surface area contributed by atoms with E-state index in [-0.39, 0.29) is 11.9 Å². The van der Waals surface area contributed by atoms with E-state index >= 15 is 0 Å². The van der Waals surface area contributed by atoms with Gasteiger partial charge in [-0.25, -0.2) is 0 Å². The van der Waals surface area contributed by atoms with E-state index < -0.39 is 0 Å². The summed E-state index contributed by atoms with van der Waals surface area (Å²) in [4.78, 5) is 11.4. The van der Waals surface area contributed by atoms with Crippen molar-refractivity contribution in [1.82, 2.24) is 10.6 Å². The molecule has 0 fully saturated rings. The van der Waals surface area contributed by atoms with Gasteiger partial charge in [0.05, 0.1) is 6.61 Å². The summed E-state index contributed by atoms with van der Waals surface area (Å²) in [6, 6.07) is 0.275. The van der Waals surface area contributed by atoms with Gasteiger partial charge in [-0.3, -0.25) is 4.79 Å². The summed E-state index contributed by atoms with van der Waals surface area (Å²) < 4.78 is 5.42. The first-order valence-electron chi connectivity index (χ1n) is 6.64. The lowest BCUT2D eigenvalue weighted by Crippen LogP contribution is -2.34. The maximum absolute atomic E-state index is 11.4. The van der Waals surface area contributed by atoms with Crippen LogP contribution in [0.1, 0.15) is 40.5 Å². The van der Waals surface area contributed by atoms with Crippen LogP contribution in [0, 0.1) is 5.92 Å². The fourth-order valence-electron chi connectivity index (χ4n) is 1.24. The predicted molar refractivity (Wildman–Crippen MR) is 71.0 cm³/mol. The molecule has 0 heterocycles. The zero-order chi connectivity index (χ0) is 13.1. The highest BCUT2D eigenvalue weighted by Gasteiger charge is 2.04. The molecule has 1 amide bonds. The van der Waals surface area contributed by atoms with Crippen molar-refractivity contribution in [3.8, 4) is 0 Å². The number of ether oxygens (including phenoxy) is 1. The summed E-state index contributed by atoms with van der Waals surface area (Å²) >= 11 is 0. The molecule has 0 aliphatic rings. The lowest BCUT2D eigenvalue weighted by molar-refractivity contribution is -0.121. The van der Waals surface area contributed by atoms with Gasteiger partial charge in [0.2, 0.25) is 5.91 Å². The topological polar surface area (TPSA) is 50.4 Å². The molecule has 0 aromatic rings. The van der Waals surface area contributed by atoms with Gasteiger partial charge in [-0.1, -0.05) is 20.8 Å². The van der Waals surface area contributed by atoms with Crippen molar-refractivity contribution in [3.63, 3.8) is 0 Å². The van der Waals surface area contributed by atoms with E-state index in [0.717, 1.165) is 19.6 Å². The molecule has 0 aliphatic carbocycles. The zero-order valence-electron chi connectivity index (χ0n) is 11.7. The first kappa shape index (κ1) is 16.4. The minimum absolute atomic E-state index is 0.120. The maximum atomic E-state index is 11.4. The monoisotopic (exact) mass is 244 g/mol. The van der Waals surface area contributed by atoms with Crippen molar-refractivity contribution in [2.24, 2.45) is 5.92 Å². The number of hydrogen-bond acceptors (Lipinski definition) is 3. The second-order valence-electron chi connectivity index (χ2n) is 4.85. The molecule has 2 N–H and O–H groups in total. The smallest absolute Gasteiger partial charge is 0.221 e. The maximum Gasteiger partial charge on any atom is 0.221 e. The van der Waals surface area contributed by atoms with Crippen LogP contribution in [0.2, 0.25) is 0 Å². The van der Waals surface area contributed by atoms with E-state index in [2.05, 4.69) is 31.4 Å². The Labute approximate surface area is 105 Å². The van der Waals surface area contributed by atoms with E-state index in [1.165, 1.54) is 0 Å². The van der Waals surface area contributed by atoms with Gasteiger partial charge in [0.15, 0.2) is 0 Å². The van der Waals surface area contributed by atoms with Crippen molar-refractivity contribution >= 4 is 5.91 Å². The molecule has 0 bridgehead atoms. The Bertz CT molecular complexity index is 196. The number of amides is 1. The fraction of sp³-hybridized carbons (Fsp3) is 0.923. The average molecular weight is 244 g/mol. The molecule has 0 saturated carbocycles. The highest BCUT2D eigenvalue weighted by atomic mass is 16.5.